The van der Waals surface area contributed by atoms with Gasteiger partial charge in [-0.05, 0) is 49.1 Å². The normalized spacial score (nSPS) is 32.3. The Kier molecular flexibility index (Phi) is 2.97. The molecule has 0 spiro atoms. The summed E-state index contributed by atoms with van der Waals surface area (Å²) in [7, 11) is 0. The van der Waals surface area contributed by atoms with Gasteiger partial charge in [0.15, 0.2) is 0 Å². The zero-order valence-electron chi connectivity index (χ0n) is 9.50. The molecule has 0 amide bonds. The molecule has 0 aromatic heterocycles. The van der Waals surface area contributed by atoms with E-state index in [1.807, 2.05) is 0 Å². The first-order valence-corrected chi connectivity index (χ1v) is 7.17. The fourth-order valence-electron chi connectivity index (χ4n) is 3.47. The summed E-state index contributed by atoms with van der Waals surface area (Å²) in [5.74, 6) is 1.44. The number of alkyl halides is 1. The molecule has 3 rings (SSSR count). The summed E-state index contributed by atoms with van der Waals surface area (Å²) in [5.41, 5.74) is 0.236. The van der Waals surface area contributed by atoms with Crippen LogP contribution in [0.25, 0.3) is 0 Å². The van der Waals surface area contributed by atoms with E-state index < -0.39 is 11.6 Å². The lowest BCUT2D eigenvalue weighted by atomic mass is 10.0. The molecule has 2 saturated carbocycles. The maximum atomic E-state index is 13.5. The van der Waals surface area contributed by atoms with Gasteiger partial charge in [0.25, 0.3) is 0 Å². The summed E-state index contributed by atoms with van der Waals surface area (Å²) in [5, 5.41) is 0. The van der Waals surface area contributed by atoms with Crippen LogP contribution in [-0.4, -0.2) is 4.83 Å². The summed E-state index contributed by atoms with van der Waals surface area (Å²) in [6.45, 7) is 0. The Morgan fingerprint density at radius 1 is 1.18 bits per heavy atom. The minimum Gasteiger partial charge on any atom is -0.207 e. The summed E-state index contributed by atoms with van der Waals surface area (Å²) in [4.78, 5) is 0.226. The minimum atomic E-state index is -0.416. The topological polar surface area (TPSA) is 0 Å². The SMILES string of the molecule is Fc1cccc(F)c1CC(Br)C1C2CCCC21. The van der Waals surface area contributed by atoms with Crippen LogP contribution >= 0.6 is 15.9 Å². The van der Waals surface area contributed by atoms with E-state index in [0.29, 0.717) is 12.3 Å². The second kappa shape index (κ2) is 4.34. The Labute approximate surface area is 109 Å². The Morgan fingerprint density at radius 2 is 1.76 bits per heavy atom. The standard InChI is InChI=1S/C14H15BrF2/c15-11(14-8-3-1-4-9(8)14)7-10-12(16)5-2-6-13(10)17/h2,5-6,8-9,11,14H,1,3-4,7H2. The van der Waals surface area contributed by atoms with Crippen LogP contribution < -0.4 is 0 Å². The Bertz CT molecular complexity index is 402. The summed E-state index contributed by atoms with van der Waals surface area (Å²) >= 11 is 3.63. The molecule has 1 aromatic rings. The maximum Gasteiger partial charge on any atom is 0.129 e. The van der Waals surface area contributed by atoms with Gasteiger partial charge in [-0.3, -0.25) is 0 Å². The van der Waals surface area contributed by atoms with Crippen LogP contribution in [0.2, 0.25) is 0 Å². The largest absolute Gasteiger partial charge is 0.207 e. The quantitative estimate of drug-likeness (QED) is 0.730. The Hall–Kier alpha value is -0.440. The first-order valence-electron chi connectivity index (χ1n) is 6.25. The molecule has 0 nitrogen and oxygen atoms in total. The van der Waals surface area contributed by atoms with Gasteiger partial charge in [0.2, 0.25) is 0 Å². The third kappa shape index (κ3) is 2.03. The zero-order chi connectivity index (χ0) is 12.0. The average molecular weight is 301 g/mol. The van der Waals surface area contributed by atoms with Crippen LogP contribution in [0.1, 0.15) is 24.8 Å². The lowest BCUT2D eigenvalue weighted by Gasteiger charge is -2.13. The molecular formula is C14H15BrF2. The highest BCUT2D eigenvalue weighted by molar-refractivity contribution is 9.09. The number of halogens is 3. The molecule has 2 aliphatic carbocycles. The van der Waals surface area contributed by atoms with E-state index in [2.05, 4.69) is 15.9 Å². The molecule has 1 aromatic carbocycles. The molecular weight excluding hydrogens is 286 g/mol. The van der Waals surface area contributed by atoms with Crippen molar-refractivity contribution in [1.82, 2.24) is 0 Å². The smallest absolute Gasteiger partial charge is 0.129 e. The first-order chi connectivity index (χ1) is 8.18. The first kappa shape index (κ1) is 11.6. The summed E-state index contributed by atoms with van der Waals surface area (Å²) < 4.78 is 27.0. The van der Waals surface area contributed by atoms with E-state index in [-0.39, 0.29) is 10.4 Å². The van der Waals surface area contributed by atoms with Gasteiger partial charge in [-0.2, -0.15) is 0 Å². The number of hydrogen-bond acceptors (Lipinski definition) is 0. The van der Waals surface area contributed by atoms with E-state index in [0.717, 1.165) is 11.8 Å². The molecule has 0 saturated heterocycles. The predicted molar refractivity (Wildman–Crippen MR) is 67.1 cm³/mol. The van der Waals surface area contributed by atoms with Gasteiger partial charge < -0.3 is 0 Å². The van der Waals surface area contributed by atoms with E-state index >= 15 is 0 Å². The van der Waals surface area contributed by atoms with Crippen LogP contribution in [0.4, 0.5) is 8.78 Å². The molecule has 3 unspecified atom stereocenters. The van der Waals surface area contributed by atoms with Crippen LogP contribution in [-0.2, 0) is 6.42 Å². The second-order valence-corrected chi connectivity index (χ2v) is 6.43. The van der Waals surface area contributed by atoms with Crippen molar-refractivity contribution in [2.75, 3.05) is 0 Å². The van der Waals surface area contributed by atoms with E-state index in [1.54, 1.807) is 0 Å². The van der Waals surface area contributed by atoms with Crippen molar-refractivity contribution in [3.63, 3.8) is 0 Å². The number of fused-ring (bicyclic) bond motifs is 1. The van der Waals surface area contributed by atoms with Crippen molar-refractivity contribution in [2.24, 2.45) is 17.8 Å². The molecule has 3 atom stereocenters. The zero-order valence-corrected chi connectivity index (χ0v) is 11.1. The predicted octanol–water partition coefficient (Wildman–Crippen LogP) is 4.32. The van der Waals surface area contributed by atoms with Crippen molar-refractivity contribution < 1.29 is 8.78 Å². The molecule has 92 valence electrons. The molecule has 0 N–H and O–H groups in total. The van der Waals surface area contributed by atoms with Gasteiger partial charge in [0.05, 0.1) is 0 Å². The van der Waals surface area contributed by atoms with Gasteiger partial charge in [-0.15, -0.1) is 0 Å². The molecule has 0 bridgehead atoms. The molecule has 2 fully saturated rings. The van der Waals surface area contributed by atoms with Crippen molar-refractivity contribution >= 4 is 15.9 Å². The van der Waals surface area contributed by atoms with Crippen LogP contribution in [0.15, 0.2) is 18.2 Å². The van der Waals surface area contributed by atoms with Crippen molar-refractivity contribution in [3.05, 3.63) is 35.4 Å². The molecule has 0 heterocycles. The van der Waals surface area contributed by atoms with Crippen LogP contribution in [0.5, 0.6) is 0 Å². The Balaban J connectivity index is 1.71. The molecule has 0 aliphatic heterocycles. The van der Waals surface area contributed by atoms with Crippen molar-refractivity contribution in [2.45, 2.75) is 30.5 Å². The van der Waals surface area contributed by atoms with E-state index in [4.69, 9.17) is 0 Å². The lowest BCUT2D eigenvalue weighted by molar-refractivity contribution is 0.525. The van der Waals surface area contributed by atoms with Gasteiger partial charge >= 0.3 is 0 Å². The monoisotopic (exact) mass is 300 g/mol. The van der Waals surface area contributed by atoms with E-state index in [9.17, 15) is 8.78 Å². The van der Waals surface area contributed by atoms with Gasteiger partial charge in [-0.1, -0.05) is 28.4 Å². The number of rotatable bonds is 3. The van der Waals surface area contributed by atoms with E-state index in [1.165, 1.54) is 37.5 Å². The van der Waals surface area contributed by atoms with Crippen molar-refractivity contribution in [3.8, 4) is 0 Å². The van der Waals surface area contributed by atoms with Gasteiger partial charge in [0, 0.05) is 10.4 Å². The number of benzene rings is 1. The maximum absolute atomic E-state index is 13.5. The third-order valence-electron chi connectivity index (χ3n) is 4.35. The van der Waals surface area contributed by atoms with Crippen LogP contribution in [0.3, 0.4) is 0 Å². The highest BCUT2D eigenvalue weighted by Gasteiger charge is 2.55. The summed E-state index contributed by atoms with van der Waals surface area (Å²) in [6.07, 6.45) is 4.41. The third-order valence-corrected chi connectivity index (χ3v) is 5.29. The lowest BCUT2D eigenvalue weighted by Crippen LogP contribution is -2.12. The van der Waals surface area contributed by atoms with Gasteiger partial charge in [0.1, 0.15) is 11.6 Å². The average Bonchev–Trinajstić information content (AvgIpc) is 2.78. The van der Waals surface area contributed by atoms with Crippen molar-refractivity contribution in [1.29, 1.82) is 0 Å². The Morgan fingerprint density at radius 3 is 2.35 bits per heavy atom. The van der Waals surface area contributed by atoms with Gasteiger partial charge in [-0.25, -0.2) is 8.78 Å². The second-order valence-electron chi connectivity index (χ2n) is 5.26. The minimum absolute atomic E-state index is 0.226. The summed E-state index contributed by atoms with van der Waals surface area (Å²) in [6, 6.07) is 4.10. The molecule has 17 heavy (non-hydrogen) atoms. The molecule has 2 aliphatic rings. The highest BCUT2D eigenvalue weighted by Crippen LogP contribution is 2.60. The van der Waals surface area contributed by atoms with Crippen LogP contribution in [0, 0.1) is 29.4 Å². The highest BCUT2D eigenvalue weighted by atomic mass is 79.9. The number of hydrogen-bond donors (Lipinski definition) is 0. The molecule has 3 heteroatoms. The molecule has 0 radical (unpaired) electrons. The fraction of sp³-hybridized carbons (Fsp3) is 0.571. The fourth-order valence-corrected chi connectivity index (χ4v) is 4.58.